The van der Waals surface area contributed by atoms with Gasteiger partial charge in [-0.15, -0.1) is 0 Å². The monoisotopic (exact) mass is 165 g/mol. The van der Waals surface area contributed by atoms with Crippen molar-refractivity contribution in [2.24, 2.45) is 0 Å². The SMILES string of the molecule is Cc1cnc(B(O)O)c(C)c1C. The van der Waals surface area contributed by atoms with E-state index in [1.807, 2.05) is 20.8 Å². The molecule has 0 unspecified atom stereocenters. The molecule has 0 saturated heterocycles. The van der Waals surface area contributed by atoms with Gasteiger partial charge in [-0.25, -0.2) is 0 Å². The second-order valence-electron chi connectivity index (χ2n) is 2.95. The number of nitrogens with zero attached hydrogens (tertiary/aromatic N) is 1. The first kappa shape index (κ1) is 9.22. The Bertz CT molecular complexity index is 299. The molecule has 0 atom stereocenters. The highest BCUT2D eigenvalue weighted by molar-refractivity contribution is 6.58. The molecule has 0 fully saturated rings. The largest absolute Gasteiger partial charge is 0.508 e. The molecule has 4 heteroatoms. The van der Waals surface area contributed by atoms with Gasteiger partial charge in [0.15, 0.2) is 0 Å². The third kappa shape index (κ3) is 1.49. The first-order valence-corrected chi connectivity index (χ1v) is 3.83. The van der Waals surface area contributed by atoms with E-state index in [0.29, 0.717) is 5.59 Å². The molecule has 0 spiro atoms. The summed E-state index contributed by atoms with van der Waals surface area (Å²) in [4.78, 5) is 3.94. The minimum atomic E-state index is -1.47. The molecule has 64 valence electrons. The molecule has 0 saturated carbocycles. The second-order valence-corrected chi connectivity index (χ2v) is 2.95. The maximum atomic E-state index is 8.91. The number of hydrogen-bond acceptors (Lipinski definition) is 3. The number of aryl methyl sites for hydroxylation is 1. The maximum Gasteiger partial charge on any atom is 0.508 e. The molecule has 0 amide bonds. The smallest absolute Gasteiger partial charge is 0.422 e. The first-order valence-electron chi connectivity index (χ1n) is 3.83. The van der Waals surface area contributed by atoms with Gasteiger partial charge in [-0.1, -0.05) is 0 Å². The van der Waals surface area contributed by atoms with E-state index in [0.717, 1.165) is 16.7 Å². The zero-order chi connectivity index (χ0) is 9.30. The summed E-state index contributed by atoms with van der Waals surface area (Å²) in [6.45, 7) is 5.73. The van der Waals surface area contributed by atoms with E-state index in [1.54, 1.807) is 6.20 Å². The van der Waals surface area contributed by atoms with Crippen LogP contribution in [0.1, 0.15) is 16.7 Å². The van der Waals surface area contributed by atoms with Crippen molar-refractivity contribution < 1.29 is 10.0 Å². The van der Waals surface area contributed by atoms with E-state index >= 15 is 0 Å². The predicted octanol–water partition coefficient (Wildman–Crippen LogP) is -0.313. The molecule has 0 radical (unpaired) electrons. The summed E-state index contributed by atoms with van der Waals surface area (Å²) in [5.74, 6) is 0. The molecule has 0 aliphatic rings. The standard InChI is InChI=1S/C8H12BNO2/c1-5-4-10-8(9(11)12)7(3)6(5)2/h4,11-12H,1-3H3. The van der Waals surface area contributed by atoms with Crippen LogP contribution >= 0.6 is 0 Å². The van der Waals surface area contributed by atoms with Gasteiger partial charge in [0.1, 0.15) is 0 Å². The fourth-order valence-electron chi connectivity index (χ4n) is 1.11. The lowest BCUT2D eigenvalue weighted by Gasteiger charge is -2.08. The van der Waals surface area contributed by atoms with Crippen molar-refractivity contribution in [3.05, 3.63) is 22.9 Å². The number of aromatic nitrogens is 1. The molecule has 0 aromatic carbocycles. The van der Waals surface area contributed by atoms with Gasteiger partial charge >= 0.3 is 7.12 Å². The van der Waals surface area contributed by atoms with Gasteiger partial charge in [0.05, 0.1) is 5.59 Å². The zero-order valence-electron chi connectivity index (χ0n) is 7.50. The molecule has 1 aromatic heterocycles. The Morgan fingerprint density at radius 3 is 2.25 bits per heavy atom. The van der Waals surface area contributed by atoms with Crippen LogP contribution in [0.25, 0.3) is 0 Å². The topological polar surface area (TPSA) is 53.4 Å². The Hall–Kier alpha value is -0.865. The molecular weight excluding hydrogens is 153 g/mol. The normalized spacial score (nSPS) is 10.1. The molecule has 1 aromatic rings. The van der Waals surface area contributed by atoms with Crippen LogP contribution < -0.4 is 5.59 Å². The van der Waals surface area contributed by atoms with Crippen molar-refractivity contribution in [3.8, 4) is 0 Å². The number of rotatable bonds is 1. The molecule has 1 rings (SSSR count). The molecule has 2 N–H and O–H groups in total. The fourth-order valence-corrected chi connectivity index (χ4v) is 1.11. The van der Waals surface area contributed by atoms with Crippen LogP contribution in [0.5, 0.6) is 0 Å². The molecule has 1 heterocycles. The summed E-state index contributed by atoms with van der Waals surface area (Å²) in [5.41, 5.74) is 3.33. The second kappa shape index (κ2) is 3.25. The maximum absolute atomic E-state index is 8.91. The first-order chi connectivity index (χ1) is 5.54. The average molecular weight is 165 g/mol. The van der Waals surface area contributed by atoms with Crippen LogP contribution in [0.2, 0.25) is 0 Å². The number of hydrogen-bond donors (Lipinski definition) is 2. The predicted molar refractivity (Wildman–Crippen MR) is 48.3 cm³/mol. The lowest BCUT2D eigenvalue weighted by atomic mass is 9.81. The lowest BCUT2D eigenvalue weighted by molar-refractivity contribution is 0.424. The van der Waals surface area contributed by atoms with Crippen LogP contribution in [-0.4, -0.2) is 22.2 Å². The van der Waals surface area contributed by atoms with Gasteiger partial charge in [0, 0.05) is 6.20 Å². The van der Waals surface area contributed by atoms with Gasteiger partial charge in [-0.3, -0.25) is 4.98 Å². The van der Waals surface area contributed by atoms with Crippen molar-refractivity contribution in [3.63, 3.8) is 0 Å². The van der Waals surface area contributed by atoms with Crippen molar-refractivity contribution in [1.29, 1.82) is 0 Å². The van der Waals surface area contributed by atoms with E-state index in [9.17, 15) is 0 Å². The zero-order valence-corrected chi connectivity index (χ0v) is 7.50. The van der Waals surface area contributed by atoms with Crippen LogP contribution in [0.4, 0.5) is 0 Å². The van der Waals surface area contributed by atoms with Crippen LogP contribution in [-0.2, 0) is 0 Å². The van der Waals surface area contributed by atoms with E-state index in [-0.39, 0.29) is 0 Å². The Labute approximate surface area is 72.2 Å². The quantitative estimate of drug-likeness (QED) is 0.561. The Kier molecular flexibility index (Phi) is 2.50. The van der Waals surface area contributed by atoms with E-state index in [4.69, 9.17) is 10.0 Å². The molecule has 0 aliphatic heterocycles. The molecule has 12 heavy (non-hydrogen) atoms. The molecule has 0 bridgehead atoms. The van der Waals surface area contributed by atoms with E-state index in [1.165, 1.54) is 0 Å². The Morgan fingerprint density at radius 1 is 1.17 bits per heavy atom. The van der Waals surface area contributed by atoms with Crippen molar-refractivity contribution in [2.45, 2.75) is 20.8 Å². The third-order valence-electron chi connectivity index (χ3n) is 2.18. The van der Waals surface area contributed by atoms with E-state index in [2.05, 4.69) is 4.98 Å². The minimum absolute atomic E-state index is 0.345. The van der Waals surface area contributed by atoms with Crippen molar-refractivity contribution >= 4 is 12.7 Å². The fraction of sp³-hybridized carbons (Fsp3) is 0.375. The van der Waals surface area contributed by atoms with Crippen molar-refractivity contribution in [2.75, 3.05) is 0 Å². The van der Waals surface area contributed by atoms with Gasteiger partial charge < -0.3 is 10.0 Å². The number of pyridine rings is 1. The van der Waals surface area contributed by atoms with Crippen LogP contribution in [0.15, 0.2) is 6.20 Å². The molecular formula is C8H12BNO2. The molecule has 3 nitrogen and oxygen atoms in total. The van der Waals surface area contributed by atoms with Gasteiger partial charge in [-0.05, 0) is 37.5 Å². The third-order valence-corrected chi connectivity index (χ3v) is 2.18. The van der Waals surface area contributed by atoms with E-state index < -0.39 is 7.12 Å². The van der Waals surface area contributed by atoms with Gasteiger partial charge in [-0.2, -0.15) is 0 Å². The molecule has 0 aliphatic carbocycles. The highest BCUT2D eigenvalue weighted by atomic mass is 16.4. The summed E-state index contributed by atoms with van der Waals surface area (Å²) >= 11 is 0. The van der Waals surface area contributed by atoms with Crippen LogP contribution in [0.3, 0.4) is 0 Å². The van der Waals surface area contributed by atoms with Crippen LogP contribution in [0, 0.1) is 20.8 Å². The lowest BCUT2D eigenvalue weighted by Crippen LogP contribution is -2.35. The highest BCUT2D eigenvalue weighted by Gasteiger charge is 2.17. The Morgan fingerprint density at radius 2 is 1.75 bits per heavy atom. The van der Waals surface area contributed by atoms with Gasteiger partial charge in [0.25, 0.3) is 0 Å². The van der Waals surface area contributed by atoms with Crippen molar-refractivity contribution in [1.82, 2.24) is 4.98 Å². The summed E-state index contributed by atoms with van der Waals surface area (Å²) < 4.78 is 0. The van der Waals surface area contributed by atoms with Gasteiger partial charge in [0.2, 0.25) is 0 Å². The Balaban J connectivity index is 3.27. The summed E-state index contributed by atoms with van der Waals surface area (Å²) in [6.07, 6.45) is 1.65. The summed E-state index contributed by atoms with van der Waals surface area (Å²) in [5, 5.41) is 17.8. The highest BCUT2D eigenvalue weighted by Crippen LogP contribution is 2.07. The minimum Gasteiger partial charge on any atom is -0.422 e. The summed E-state index contributed by atoms with van der Waals surface area (Å²) in [7, 11) is -1.47. The summed E-state index contributed by atoms with van der Waals surface area (Å²) in [6, 6.07) is 0. The average Bonchev–Trinajstić information content (AvgIpc) is 2.00.